The topological polar surface area (TPSA) is 84.3 Å². The number of rotatable bonds is 3. The molecule has 0 aromatic carbocycles. The molecule has 3 heterocycles. The van der Waals surface area contributed by atoms with E-state index in [1.54, 1.807) is 18.3 Å². The van der Waals surface area contributed by atoms with Crippen LogP contribution in [0.25, 0.3) is 0 Å². The van der Waals surface area contributed by atoms with Crippen LogP contribution in [0.3, 0.4) is 0 Å². The predicted octanol–water partition coefficient (Wildman–Crippen LogP) is 0.604. The van der Waals surface area contributed by atoms with E-state index in [2.05, 4.69) is 10.5 Å². The summed E-state index contributed by atoms with van der Waals surface area (Å²) in [7, 11) is -3.25. The van der Waals surface area contributed by atoms with Crippen molar-refractivity contribution in [2.24, 2.45) is 0 Å². The van der Waals surface area contributed by atoms with Crippen molar-refractivity contribution in [1.29, 1.82) is 0 Å². The Bertz CT molecular complexity index is 749. The summed E-state index contributed by atoms with van der Waals surface area (Å²) in [6.07, 6.45) is 2.75. The van der Waals surface area contributed by atoms with E-state index >= 15 is 0 Å². The molecule has 0 spiro atoms. The van der Waals surface area contributed by atoms with Gasteiger partial charge >= 0.3 is 0 Å². The lowest BCUT2D eigenvalue weighted by molar-refractivity contribution is 0.101. The Hall–Kier alpha value is -1.71. The lowest BCUT2D eigenvalue weighted by Gasteiger charge is -2.12. The second-order valence-corrected chi connectivity index (χ2v) is 7.41. The van der Waals surface area contributed by atoms with Gasteiger partial charge in [-0.2, -0.15) is 14.2 Å². The second kappa shape index (κ2) is 4.69. The van der Waals surface area contributed by atoms with Crippen LogP contribution in [0, 0.1) is 0 Å². The third-order valence-corrected chi connectivity index (χ3v) is 5.11. The number of fused-ring (bicyclic) bond motifs is 1. The minimum atomic E-state index is -3.25. The van der Waals surface area contributed by atoms with Crippen LogP contribution in [-0.4, -0.2) is 34.8 Å². The minimum absolute atomic E-state index is 0.221. The highest BCUT2D eigenvalue weighted by molar-refractivity contribution is 7.88. The third-order valence-electron chi connectivity index (χ3n) is 3.05. The predicted molar refractivity (Wildman–Crippen MR) is 74.3 cm³/mol. The fraction of sp³-hybridized carbons (Fsp3) is 0.273. The zero-order valence-electron chi connectivity index (χ0n) is 10.6. The first-order chi connectivity index (χ1) is 9.45. The molecule has 0 bridgehead atoms. The Morgan fingerprint density at radius 1 is 1.45 bits per heavy atom. The van der Waals surface area contributed by atoms with Gasteiger partial charge in [0.1, 0.15) is 0 Å². The highest BCUT2D eigenvalue weighted by Crippen LogP contribution is 2.24. The van der Waals surface area contributed by atoms with E-state index in [4.69, 9.17) is 0 Å². The minimum Gasteiger partial charge on any atom is -0.266 e. The van der Waals surface area contributed by atoms with Gasteiger partial charge < -0.3 is 0 Å². The van der Waals surface area contributed by atoms with Gasteiger partial charge in [-0.3, -0.25) is 4.79 Å². The quantitative estimate of drug-likeness (QED) is 0.899. The second-order valence-electron chi connectivity index (χ2n) is 4.48. The largest absolute Gasteiger partial charge is 0.281 e. The van der Waals surface area contributed by atoms with E-state index in [0.717, 1.165) is 5.56 Å². The van der Waals surface area contributed by atoms with Crippen molar-refractivity contribution in [2.75, 3.05) is 11.7 Å². The SMILES string of the molecule is CS(=O)(=O)N1Cc2cnn(NC(=O)c3cccs3)c2C1. The highest BCUT2D eigenvalue weighted by atomic mass is 32.2. The van der Waals surface area contributed by atoms with E-state index in [-0.39, 0.29) is 12.5 Å². The van der Waals surface area contributed by atoms with Gasteiger partial charge in [0.05, 0.1) is 29.6 Å². The Morgan fingerprint density at radius 3 is 2.90 bits per heavy atom. The van der Waals surface area contributed by atoms with Crippen LogP contribution in [0.1, 0.15) is 20.9 Å². The van der Waals surface area contributed by atoms with E-state index in [0.29, 0.717) is 17.1 Å². The van der Waals surface area contributed by atoms with Crippen molar-refractivity contribution in [2.45, 2.75) is 13.1 Å². The molecular formula is C11H12N4O3S2. The first-order valence-corrected chi connectivity index (χ1v) is 8.54. The molecule has 1 aliphatic heterocycles. The van der Waals surface area contributed by atoms with Crippen molar-refractivity contribution in [3.05, 3.63) is 39.8 Å². The number of nitrogens with one attached hydrogen (secondary N) is 1. The molecular weight excluding hydrogens is 300 g/mol. The summed E-state index contributed by atoms with van der Waals surface area (Å²) in [5, 5.41) is 5.89. The molecule has 9 heteroatoms. The number of carbonyl (C=O) groups excluding carboxylic acids is 1. The maximum Gasteiger partial charge on any atom is 0.281 e. The van der Waals surface area contributed by atoms with Crippen molar-refractivity contribution >= 4 is 27.3 Å². The van der Waals surface area contributed by atoms with Gasteiger partial charge in [0.25, 0.3) is 5.91 Å². The summed E-state index contributed by atoms with van der Waals surface area (Å²) < 4.78 is 24.4. The zero-order chi connectivity index (χ0) is 14.3. The molecule has 0 atom stereocenters. The summed E-state index contributed by atoms with van der Waals surface area (Å²) in [4.78, 5) is 13.9. The number of thiophene rings is 1. The molecule has 1 N–H and O–H groups in total. The van der Waals surface area contributed by atoms with Crippen LogP contribution in [0.5, 0.6) is 0 Å². The molecule has 20 heavy (non-hydrogen) atoms. The average molecular weight is 312 g/mol. The van der Waals surface area contributed by atoms with Crippen molar-refractivity contribution in [1.82, 2.24) is 14.2 Å². The van der Waals surface area contributed by atoms with Crippen LogP contribution in [-0.2, 0) is 23.1 Å². The lowest BCUT2D eigenvalue weighted by atomic mass is 10.3. The van der Waals surface area contributed by atoms with Crippen LogP contribution in [0.15, 0.2) is 23.7 Å². The van der Waals surface area contributed by atoms with Crippen molar-refractivity contribution < 1.29 is 13.2 Å². The summed E-state index contributed by atoms with van der Waals surface area (Å²) in [5.41, 5.74) is 4.15. The maximum absolute atomic E-state index is 12.0. The monoisotopic (exact) mass is 312 g/mol. The average Bonchev–Trinajstić information content (AvgIpc) is 3.03. The van der Waals surface area contributed by atoms with Crippen molar-refractivity contribution in [3.63, 3.8) is 0 Å². The number of carbonyl (C=O) groups is 1. The molecule has 3 rings (SSSR count). The molecule has 0 aliphatic carbocycles. The van der Waals surface area contributed by atoms with Gasteiger partial charge in [0.2, 0.25) is 10.0 Å². The Kier molecular flexibility index (Phi) is 3.11. The van der Waals surface area contributed by atoms with Gasteiger partial charge in [-0.25, -0.2) is 13.8 Å². The summed E-state index contributed by atoms with van der Waals surface area (Å²) >= 11 is 1.33. The molecule has 106 valence electrons. The summed E-state index contributed by atoms with van der Waals surface area (Å²) in [6, 6.07) is 3.50. The van der Waals surface area contributed by atoms with E-state index in [9.17, 15) is 13.2 Å². The van der Waals surface area contributed by atoms with Crippen LogP contribution < -0.4 is 5.43 Å². The normalized spacial score (nSPS) is 15.2. The number of amides is 1. The maximum atomic E-state index is 12.0. The fourth-order valence-electron chi connectivity index (χ4n) is 2.01. The number of aromatic nitrogens is 2. The lowest BCUT2D eigenvalue weighted by Crippen LogP contribution is -2.28. The Morgan fingerprint density at radius 2 is 2.25 bits per heavy atom. The van der Waals surface area contributed by atoms with Crippen molar-refractivity contribution in [3.8, 4) is 0 Å². The molecule has 2 aromatic rings. The van der Waals surface area contributed by atoms with E-state index in [1.165, 1.54) is 26.7 Å². The van der Waals surface area contributed by atoms with Gasteiger partial charge in [0.15, 0.2) is 0 Å². The van der Waals surface area contributed by atoms with Gasteiger partial charge in [0, 0.05) is 12.1 Å². The first-order valence-electron chi connectivity index (χ1n) is 5.81. The van der Waals surface area contributed by atoms with E-state index in [1.807, 2.05) is 5.38 Å². The molecule has 0 unspecified atom stereocenters. The van der Waals surface area contributed by atoms with Gasteiger partial charge in [-0.05, 0) is 11.4 Å². The number of nitrogens with zero attached hydrogens (tertiary/aromatic N) is 3. The standard InChI is InChI=1S/C11H12N4O3S2/c1-20(17,18)14-6-8-5-12-15(9(8)7-14)13-11(16)10-3-2-4-19-10/h2-5H,6-7H2,1H3,(H,13,16). The summed E-state index contributed by atoms with van der Waals surface area (Å²) in [5.74, 6) is -0.260. The smallest absolute Gasteiger partial charge is 0.266 e. The van der Waals surface area contributed by atoms with Crippen LogP contribution in [0.4, 0.5) is 0 Å². The van der Waals surface area contributed by atoms with Gasteiger partial charge in [-0.15, -0.1) is 11.3 Å². The first kappa shape index (κ1) is 13.3. The number of hydrogen-bond donors (Lipinski definition) is 1. The molecule has 1 aliphatic rings. The number of sulfonamides is 1. The molecule has 0 fully saturated rings. The highest BCUT2D eigenvalue weighted by Gasteiger charge is 2.30. The molecule has 2 aromatic heterocycles. The number of hydrogen-bond acceptors (Lipinski definition) is 5. The Balaban J connectivity index is 1.81. The molecule has 0 saturated heterocycles. The molecule has 0 saturated carbocycles. The third kappa shape index (κ3) is 2.35. The van der Waals surface area contributed by atoms with Crippen LogP contribution >= 0.6 is 11.3 Å². The Labute approximate surface area is 119 Å². The molecule has 7 nitrogen and oxygen atoms in total. The van der Waals surface area contributed by atoms with Crippen LogP contribution in [0.2, 0.25) is 0 Å². The van der Waals surface area contributed by atoms with E-state index < -0.39 is 10.0 Å². The van der Waals surface area contributed by atoms with Gasteiger partial charge in [-0.1, -0.05) is 6.07 Å². The fourth-order valence-corrected chi connectivity index (χ4v) is 3.36. The summed E-state index contributed by atoms with van der Waals surface area (Å²) in [6.45, 7) is 0.516. The zero-order valence-corrected chi connectivity index (χ0v) is 12.2. The molecule has 1 amide bonds. The molecule has 0 radical (unpaired) electrons.